The normalized spacial score (nSPS) is 14.8. The van der Waals surface area contributed by atoms with E-state index >= 15 is 0 Å². The van der Waals surface area contributed by atoms with E-state index < -0.39 is 66.8 Å². The van der Waals surface area contributed by atoms with Gasteiger partial charge in [-0.25, -0.2) is 4.79 Å². The maximum Gasteiger partial charge on any atom is 0.330 e. The van der Waals surface area contributed by atoms with Crippen LogP contribution in [0, 0.1) is 0 Å². The van der Waals surface area contributed by atoms with E-state index in [1.165, 1.54) is 83.5 Å². The first-order chi connectivity index (χ1) is 24.1. The molecule has 1 heterocycles. The summed E-state index contributed by atoms with van der Waals surface area (Å²) in [6, 6.07) is 0. The van der Waals surface area contributed by atoms with Crippen LogP contribution in [-0.4, -0.2) is 69.1 Å². The highest BCUT2D eigenvalue weighted by Gasteiger charge is 2.55. The number of rotatable bonds is 33. The van der Waals surface area contributed by atoms with Gasteiger partial charge in [0.2, 0.25) is 11.8 Å². The van der Waals surface area contributed by atoms with Gasteiger partial charge in [-0.05, 0) is 12.8 Å². The Morgan fingerprint density at radius 2 is 1.00 bits per heavy atom. The lowest BCUT2D eigenvalue weighted by atomic mass is 9.86. The molecule has 0 aromatic heterocycles. The molecule has 11 heteroatoms. The minimum absolute atomic E-state index is 0.0563. The van der Waals surface area contributed by atoms with Gasteiger partial charge in [0, 0.05) is 32.1 Å². The number of carbonyl (C=O) groups excluding carboxylic acids is 4. The Hall–Kier alpha value is -2.98. The maximum absolute atomic E-state index is 12.9. The molecule has 1 fully saturated rings. The standard InChI is InChI=1S/C39H67NO10/c1-3-5-7-9-11-13-15-17-19-21-23-25-36(45)49-31-32(50-37(46)26-24-22-20-18-16-14-12-10-8-6-4-2)29-39(38(47)48,30-35(43)44)40-33(41)27-28-34(40)42/h32H,3-31H2,1-2H3,(H,43,44)(H,47,48). The largest absolute Gasteiger partial charge is 0.481 e. The van der Waals surface area contributed by atoms with Crippen LogP contribution in [0.1, 0.15) is 194 Å². The Bertz CT molecular complexity index is 999. The van der Waals surface area contributed by atoms with Gasteiger partial charge < -0.3 is 19.7 Å². The first-order valence-corrected chi connectivity index (χ1v) is 19.7. The molecule has 1 rings (SSSR count). The number of likely N-dealkylation sites (tertiary alicyclic amines) is 1. The molecule has 0 aromatic carbocycles. The maximum atomic E-state index is 12.9. The number of ether oxygens (including phenoxy) is 2. The molecule has 0 radical (unpaired) electrons. The Morgan fingerprint density at radius 1 is 0.620 bits per heavy atom. The summed E-state index contributed by atoms with van der Waals surface area (Å²) in [7, 11) is 0. The van der Waals surface area contributed by atoms with Gasteiger partial charge in [0.15, 0.2) is 5.54 Å². The molecular formula is C39H67NO10. The van der Waals surface area contributed by atoms with Crippen molar-refractivity contribution in [1.29, 1.82) is 0 Å². The van der Waals surface area contributed by atoms with Crippen LogP contribution in [0.3, 0.4) is 0 Å². The summed E-state index contributed by atoms with van der Waals surface area (Å²) < 4.78 is 11.0. The van der Waals surface area contributed by atoms with Crippen molar-refractivity contribution in [3.63, 3.8) is 0 Å². The molecule has 1 aliphatic heterocycles. The zero-order chi connectivity index (χ0) is 37.0. The van der Waals surface area contributed by atoms with Crippen LogP contribution in [0.5, 0.6) is 0 Å². The fraction of sp³-hybridized carbons (Fsp3) is 0.846. The van der Waals surface area contributed by atoms with Crippen molar-refractivity contribution in [1.82, 2.24) is 4.90 Å². The van der Waals surface area contributed by atoms with Gasteiger partial charge in [-0.15, -0.1) is 0 Å². The topological polar surface area (TPSA) is 165 Å². The van der Waals surface area contributed by atoms with Crippen molar-refractivity contribution in [2.24, 2.45) is 0 Å². The quantitative estimate of drug-likeness (QED) is 0.0383. The van der Waals surface area contributed by atoms with Gasteiger partial charge in [0.05, 0.1) is 6.42 Å². The molecular weight excluding hydrogens is 642 g/mol. The predicted octanol–water partition coefficient (Wildman–Crippen LogP) is 8.68. The smallest absolute Gasteiger partial charge is 0.330 e. The number of carboxylic acid groups (broad SMARTS) is 2. The Morgan fingerprint density at radius 3 is 1.38 bits per heavy atom. The average molecular weight is 710 g/mol. The van der Waals surface area contributed by atoms with E-state index in [0.29, 0.717) is 17.7 Å². The second kappa shape index (κ2) is 27.7. The second-order valence-electron chi connectivity index (χ2n) is 14.1. The minimum atomic E-state index is -2.50. The summed E-state index contributed by atoms with van der Waals surface area (Å²) in [4.78, 5) is 75.8. The summed E-state index contributed by atoms with van der Waals surface area (Å²) in [6.45, 7) is 3.90. The third kappa shape index (κ3) is 19.4. The van der Waals surface area contributed by atoms with Gasteiger partial charge in [-0.1, -0.05) is 142 Å². The number of esters is 2. The molecule has 1 aliphatic rings. The van der Waals surface area contributed by atoms with E-state index in [-0.39, 0.29) is 25.7 Å². The van der Waals surface area contributed by atoms with Crippen molar-refractivity contribution in [2.75, 3.05) is 6.61 Å². The molecule has 2 unspecified atom stereocenters. The summed E-state index contributed by atoms with van der Waals surface area (Å²) >= 11 is 0. The molecule has 0 saturated carbocycles. The molecule has 0 spiro atoms. The molecule has 50 heavy (non-hydrogen) atoms. The minimum Gasteiger partial charge on any atom is -0.481 e. The number of hydrogen-bond donors (Lipinski definition) is 2. The van der Waals surface area contributed by atoms with Gasteiger partial charge >= 0.3 is 23.9 Å². The molecule has 1 saturated heterocycles. The molecule has 2 atom stereocenters. The Balaban J connectivity index is 2.71. The number of nitrogens with zero attached hydrogens (tertiary/aromatic N) is 1. The predicted molar refractivity (Wildman–Crippen MR) is 191 cm³/mol. The molecule has 2 N–H and O–H groups in total. The third-order valence-electron chi connectivity index (χ3n) is 9.58. The van der Waals surface area contributed by atoms with Crippen molar-refractivity contribution in [2.45, 2.75) is 205 Å². The van der Waals surface area contributed by atoms with Crippen LogP contribution in [0.15, 0.2) is 0 Å². The fourth-order valence-corrected chi connectivity index (χ4v) is 6.69. The molecule has 288 valence electrons. The van der Waals surface area contributed by atoms with E-state index in [2.05, 4.69) is 13.8 Å². The molecule has 0 bridgehead atoms. The monoisotopic (exact) mass is 709 g/mol. The zero-order valence-electron chi connectivity index (χ0n) is 31.2. The molecule has 0 aromatic rings. The van der Waals surface area contributed by atoms with E-state index in [1.54, 1.807) is 0 Å². The lowest BCUT2D eigenvalue weighted by molar-refractivity contribution is -0.174. The summed E-state index contributed by atoms with van der Waals surface area (Å²) in [5, 5.41) is 19.9. The van der Waals surface area contributed by atoms with Crippen molar-refractivity contribution < 1.29 is 48.5 Å². The molecule has 2 amide bonds. The van der Waals surface area contributed by atoms with E-state index in [0.717, 1.165) is 44.9 Å². The lowest BCUT2D eigenvalue weighted by Crippen LogP contribution is -2.60. The Labute approximate surface area is 300 Å². The van der Waals surface area contributed by atoms with E-state index in [1.807, 2.05) is 0 Å². The second-order valence-corrected chi connectivity index (χ2v) is 14.1. The number of amides is 2. The summed E-state index contributed by atoms with van der Waals surface area (Å²) in [5.41, 5.74) is -2.50. The number of imide groups is 1. The van der Waals surface area contributed by atoms with Crippen LogP contribution >= 0.6 is 0 Å². The summed E-state index contributed by atoms with van der Waals surface area (Å²) in [6.07, 6.45) is 21.0. The van der Waals surface area contributed by atoms with Crippen LogP contribution in [0.25, 0.3) is 0 Å². The first-order valence-electron chi connectivity index (χ1n) is 19.7. The van der Waals surface area contributed by atoms with E-state index in [4.69, 9.17) is 9.47 Å². The van der Waals surface area contributed by atoms with Crippen LogP contribution < -0.4 is 0 Å². The number of carboxylic acids is 2. The third-order valence-corrected chi connectivity index (χ3v) is 9.58. The van der Waals surface area contributed by atoms with Gasteiger partial charge in [-0.2, -0.15) is 0 Å². The van der Waals surface area contributed by atoms with Gasteiger partial charge in [-0.3, -0.25) is 28.9 Å². The molecule has 11 nitrogen and oxygen atoms in total. The number of unbranched alkanes of at least 4 members (excludes halogenated alkanes) is 20. The lowest BCUT2D eigenvalue weighted by Gasteiger charge is -2.37. The summed E-state index contributed by atoms with van der Waals surface area (Å²) in [5.74, 6) is -6.04. The fourth-order valence-electron chi connectivity index (χ4n) is 6.69. The highest BCUT2D eigenvalue weighted by Crippen LogP contribution is 2.33. The van der Waals surface area contributed by atoms with Crippen LogP contribution in [0.2, 0.25) is 0 Å². The van der Waals surface area contributed by atoms with Crippen molar-refractivity contribution in [3.8, 4) is 0 Å². The van der Waals surface area contributed by atoms with Crippen LogP contribution in [-0.2, 0) is 38.2 Å². The van der Waals surface area contributed by atoms with Gasteiger partial charge in [0.1, 0.15) is 12.7 Å². The number of carbonyl (C=O) groups is 6. The Kier molecular flexibility index (Phi) is 25.0. The number of aliphatic carboxylic acids is 2. The molecule has 0 aliphatic carbocycles. The average Bonchev–Trinajstić information content (AvgIpc) is 3.41. The van der Waals surface area contributed by atoms with E-state index in [9.17, 15) is 39.0 Å². The zero-order valence-corrected chi connectivity index (χ0v) is 31.2. The SMILES string of the molecule is CCCCCCCCCCCCCC(=O)OCC(CC(CC(=O)O)(C(=O)O)N1C(=O)CCC1=O)OC(=O)CCCCCCCCCCCCC. The van der Waals surface area contributed by atoms with Gasteiger partial charge in [0.25, 0.3) is 0 Å². The van der Waals surface area contributed by atoms with Crippen molar-refractivity contribution >= 4 is 35.7 Å². The first kappa shape index (κ1) is 45.0. The number of hydrogen-bond acceptors (Lipinski definition) is 8. The highest BCUT2D eigenvalue weighted by atomic mass is 16.6. The van der Waals surface area contributed by atoms with Crippen molar-refractivity contribution in [3.05, 3.63) is 0 Å². The highest BCUT2D eigenvalue weighted by molar-refractivity contribution is 6.07. The van der Waals surface area contributed by atoms with Crippen LogP contribution in [0.4, 0.5) is 0 Å².